The molecule has 0 saturated heterocycles. The van der Waals surface area contributed by atoms with Gasteiger partial charge in [0, 0.05) is 26.3 Å². The molecule has 0 spiro atoms. The van der Waals surface area contributed by atoms with Crippen LogP contribution in [0, 0.1) is 5.92 Å². The lowest BCUT2D eigenvalue weighted by molar-refractivity contribution is 0.130. The van der Waals surface area contributed by atoms with Crippen LogP contribution in [-0.2, 0) is 4.74 Å². The van der Waals surface area contributed by atoms with Crippen LogP contribution in [0.2, 0.25) is 0 Å². The molecule has 0 heterocycles. The minimum atomic E-state index is 0. The van der Waals surface area contributed by atoms with E-state index in [9.17, 15) is 0 Å². The van der Waals surface area contributed by atoms with Gasteiger partial charge in [0.2, 0.25) is 0 Å². The number of hydrogen-bond donors (Lipinski definition) is 2. The summed E-state index contributed by atoms with van der Waals surface area (Å²) in [6.07, 6.45) is 4.39. The molecule has 5 heteroatoms. The van der Waals surface area contributed by atoms with Crippen molar-refractivity contribution in [2.45, 2.75) is 46.5 Å². The number of nitrogens with zero attached hydrogens (tertiary/aromatic N) is 1. The summed E-state index contributed by atoms with van der Waals surface area (Å²) < 4.78 is 5.44. The van der Waals surface area contributed by atoms with Crippen LogP contribution in [0.4, 0.5) is 0 Å². The molecule has 0 radical (unpaired) electrons. The third-order valence-corrected chi connectivity index (χ3v) is 2.40. The number of rotatable bonds is 10. The molecule has 18 heavy (non-hydrogen) atoms. The van der Waals surface area contributed by atoms with Gasteiger partial charge in [-0.15, -0.1) is 24.0 Å². The molecular formula is C13H30IN3O. The van der Waals surface area contributed by atoms with E-state index in [2.05, 4.69) is 31.1 Å². The molecule has 0 atom stereocenters. The molecule has 110 valence electrons. The zero-order valence-corrected chi connectivity index (χ0v) is 14.4. The predicted octanol–water partition coefficient (Wildman–Crippen LogP) is 2.76. The summed E-state index contributed by atoms with van der Waals surface area (Å²) in [5.41, 5.74) is 5.72. The topological polar surface area (TPSA) is 59.6 Å². The largest absolute Gasteiger partial charge is 0.381 e. The van der Waals surface area contributed by atoms with Crippen LogP contribution in [0.1, 0.15) is 46.5 Å². The standard InChI is InChI=1S/C13H29N3O.HI/c1-4-5-10-17-11-6-8-15-13(14)16-9-7-12(2)3;/h12H,4-11H2,1-3H3,(H3,14,15,16);1H. The van der Waals surface area contributed by atoms with E-state index in [-0.39, 0.29) is 24.0 Å². The Labute approximate surface area is 129 Å². The summed E-state index contributed by atoms with van der Waals surface area (Å²) in [6.45, 7) is 9.85. The monoisotopic (exact) mass is 371 g/mol. The number of aliphatic imine (C=N–C) groups is 1. The fourth-order valence-corrected chi connectivity index (χ4v) is 1.26. The SMILES string of the molecule is CCCCOCCCN=C(N)NCCC(C)C.I. The van der Waals surface area contributed by atoms with Crippen LogP contribution in [0.5, 0.6) is 0 Å². The summed E-state index contributed by atoms with van der Waals surface area (Å²) in [6, 6.07) is 0. The van der Waals surface area contributed by atoms with Crippen LogP contribution in [-0.4, -0.2) is 32.3 Å². The smallest absolute Gasteiger partial charge is 0.188 e. The Morgan fingerprint density at radius 2 is 1.94 bits per heavy atom. The van der Waals surface area contributed by atoms with Gasteiger partial charge in [0.15, 0.2) is 5.96 Å². The summed E-state index contributed by atoms with van der Waals surface area (Å²) in [7, 11) is 0. The third kappa shape index (κ3) is 16.0. The molecule has 4 nitrogen and oxygen atoms in total. The summed E-state index contributed by atoms with van der Waals surface area (Å²) in [5, 5.41) is 3.11. The first-order valence-electron chi connectivity index (χ1n) is 6.78. The zero-order chi connectivity index (χ0) is 12.9. The number of nitrogens with two attached hydrogens (primary N) is 1. The fraction of sp³-hybridized carbons (Fsp3) is 0.923. The predicted molar refractivity (Wildman–Crippen MR) is 89.7 cm³/mol. The molecule has 0 bridgehead atoms. The van der Waals surface area contributed by atoms with Gasteiger partial charge in [0.1, 0.15) is 0 Å². The molecule has 0 unspecified atom stereocenters. The van der Waals surface area contributed by atoms with Gasteiger partial charge in [-0.25, -0.2) is 0 Å². The van der Waals surface area contributed by atoms with E-state index in [0.717, 1.165) is 45.6 Å². The minimum absolute atomic E-state index is 0. The van der Waals surface area contributed by atoms with E-state index < -0.39 is 0 Å². The number of nitrogens with one attached hydrogen (secondary N) is 1. The number of guanidine groups is 1. The highest BCUT2D eigenvalue weighted by molar-refractivity contribution is 14.0. The van der Waals surface area contributed by atoms with Crippen LogP contribution in [0.25, 0.3) is 0 Å². The molecule has 0 amide bonds. The highest BCUT2D eigenvalue weighted by Gasteiger charge is 1.95. The van der Waals surface area contributed by atoms with Crippen LogP contribution in [0.15, 0.2) is 4.99 Å². The van der Waals surface area contributed by atoms with E-state index in [4.69, 9.17) is 10.5 Å². The maximum absolute atomic E-state index is 5.72. The lowest BCUT2D eigenvalue weighted by Crippen LogP contribution is -2.33. The maximum atomic E-state index is 5.72. The Bertz CT molecular complexity index is 199. The molecule has 0 fully saturated rings. The fourth-order valence-electron chi connectivity index (χ4n) is 1.26. The molecular weight excluding hydrogens is 341 g/mol. The van der Waals surface area contributed by atoms with E-state index in [1.54, 1.807) is 0 Å². The van der Waals surface area contributed by atoms with Gasteiger partial charge in [-0.1, -0.05) is 27.2 Å². The van der Waals surface area contributed by atoms with E-state index in [1.165, 1.54) is 6.42 Å². The second-order valence-electron chi connectivity index (χ2n) is 4.70. The average molecular weight is 371 g/mol. The second-order valence-corrected chi connectivity index (χ2v) is 4.70. The van der Waals surface area contributed by atoms with Crippen molar-refractivity contribution in [3.05, 3.63) is 0 Å². The second kappa shape index (κ2) is 15.0. The third-order valence-electron chi connectivity index (χ3n) is 2.40. The minimum Gasteiger partial charge on any atom is -0.381 e. The Kier molecular flexibility index (Phi) is 16.9. The van der Waals surface area contributed by atoms with E-state index in [1.807, 2.05) is 0 Å². The highest BCUT2D eigenvalue weighted by atomic mass is 127. The quantitative estimate of drug-likeness (QED) is 0.269. The van der Waals surface area contributed by atoms with Gasteiger partial charge in [-0.3, -0.25) is 4.99 Å². The van der Waals surface area contributed by atoms with Gasteiger partial charge in [-0.2, -0.15) is 0 Å². The van der Waals surface area contributed by atoms with Gasteiger partial charge in [0.25, 0.3) is 0 Å². The molecule has 0 aliphatic carbocycles. The molecule has 0 aliphatic heterocycles. The zero-order valence-electron chi connectivity index (χ0n) is 12.1. The number of halogens is 1. The van der Waals surface area contributed by atoms with Crippen molar-refractivity contribution in [3.63, 3.8) is 0 Å². The summed E-state index contributed by atoms with van der Waals surface area (Å²) in [4.78, 5) is 4.24. The van der Waals surface area contributed by atoms with Crippen molar-refractivity contribution in [3.8, 4) is 0 Å². The Balaban J connectivity index is 0. The lowest BCUT2D eigenvalue weighted by Gasteiger charge is -2.07. The van der Waals surface area contributed by atoms with Crippen LogP contribution >= 0.6 is 24.0 Å². The molecule has 0 aromatic heterocycles. The Morgan fingerprint density at radius 1 is 1.28 bits per heavy atom. The molecule has 0 aromatic carbocycles. The Hall–Kier alpha value is -0.0400. The van der Waals surface area contributed by atoms with E-state index >= 15 is 0 Å². The summed E-state index contributed by atoms with van der Waals surface area (Å²) in [5.74, 6) is 1.25. The van der Waals surface area contributed by atoms with Gasteiger partial charge < -0.3 is 15.8 Å². The lowest BCUT2D eigenvalue weighted by atomic mass is 10.1. The molecule has 3 N–H and O–H groups in total. The van der Waals surface area contributed by atoms with Crippen molar-refractivity contribution in [2.75, 3.05) is 26.3 Å². The average Bonchev–Trinajstić information content (AvgIpc) is 2.27. The van der Waals surface area contributed by atoms with Crippen molar-refractivity contribution >= 4 is 29.9 Å². The normalized spacial score (nSPS) is 11.4. The van der Waals surface area contributed by atoms with Gasteiger partial charge in [-0.05, 0) is 25.2 Å². The van der Waals surface area contributed by atoms with Gasteiger partial charge >= 0.3 is 0 Å². The Morgan fingerprint density at radius 3 is 2.56 bits per heavy atom. The first-order chi connectivity index (χ1) is 8.16. The van der Waals surface area contributed by atoms with Crippen LogP contribution < -0.4 is 11.1 Å². The first kappa shape index (κ1) is 20.3. The first-order valence-corrected chi connectivity index (χ1v) is 6.78. The number of unbranched alkanes of at least 4 members (excludes halogenated alkanes) is 1. The molecule has 0 rings (SSSR count). The molecule has 0 saturated carbocycles. The molecule has 0 aliphatic rings. The maximum Gasteiger partial charge on any atom is 0.188 e. The van der Waals surface area contributed by atoms with Crippen molar-refractivity contribution in [1.29, 1.82) is 0 Å². The summed E-state index contributed by atoms with van der Waals surface area (Å²) >= 11 is 0. The number of ether oxygens (including phenoxy) is 1. The van der Waals surface area contributed by atoms with Crippen molar-refractivity contribution in [2.24, 2.45) is 16.6 Å². The number of hydrogen-bond acceptors (Lipinski definition) is 2. The highest BCUT2D eigenvalue weighted by Crippen LogP contribution is 1.95. The van der Waals surface area contributed by atoms with Gasteiger partial charge in [0.05, 0.1) is 0 Å². The van der Waals surface area contributed by atoms with Crippen LogP contribution in [0.3, 0.4) is 0 Å². The van der Waals surface area contributed by atoms with Crippen molar-refractivity contribution in [1.82, 2.24) is 5.32 Å². The molecule has 0 aromatic rings. The van der Waals surface area contributed by atoms with E-state index in [0.29, 0.717) is 11.9 Å². The van der Waals surface area contributed by atoms with Crippen molar-refractivity contribution < 1.29 is 4.74 Å².